The fraction of sp³-hybridized carbons (Fsp3) is 0.800. The Morgan fingerprint density at radius 1 is 1.21 bits per heavy atom. The van der Waals surface area contributed by atoms with Gasteiger partial charge in [0.25, 0.3) is 0 Å². The monoisotopic (exact) mass is 267 g/mol. The Hall–Kier alpha value is -1.03. The van der Waals surface area contributed by atoms with Crippen molar-refractivity contribution in [2.45, 2.75) is 64.3 Å². The fourth-order valence-electron chi connectivity index (χ4n) is 2.46. The Morgan fingerprint density at radius 3 is 2.47 bits per heavy atom. The zero-order valence-corrected chi connectivity index (χ0v) is 12.7. The molecule has 4 heteroatoms. The molecule has 0 fully saturated rings. The Kier molecular flexibility index (Phi) is 7.56. The van der Waals surface area contributed by atoms with Crippen LogP contribution >= 0.6 is 0 Å². The molecule has 1 heterocycles. The van der Waals surface area contributed by atoms with Crippen molar-refractivity contribution in [1.29, 1.82) is 0 Å². The van der Waals surface area contributed by atoms with Crippen molar-refractivity contribution in [2.24, 2.45) is 12.8 Å². The standard InChI is InChI=1S/C15H29N3O/c1-4-5-6-7-8-9-10-11-13(16)15-14(19-3)12-17-18(15)2/h12-13H,4-11,16H2,1-3H3. The first-order valence-electron chi connectivity index (χ1n) is 7.52. The molecule has 0 saturated heterocycles. The Balaban J connectivity index is 2.23. The summed E-state index contributed by atoms with van der Waals surface area (Å²) < 4.78 is 7.12. The van der Waals surface area contributed by atoms with Crippen LogP contribution in [0.5, 0.6) is 5.75 Å². The van der Waals surface area contributed by atoms with Crippen LogP contribution in [0.3, 0.4) is 0 Å². The highest BCUT2D eigenvalue weighted by Gasteiger charge is 2.16. The third kappa shape index (κ3) is 5.23. The van der Waals surface area contributed by atoms with E-state index in [0.29, 0.717) is 0 Å². The van der Waals surface area contributed by atoms with E-state index in [4.69, 9.17) is 10.5 Å². The first kappa shape index (κ1) is 16.0. The minimum atomic E-state index is 0.0260. The molecule has 1 aromatic rings. The van der Waals surface area contributed by atoms with Gasteiger partial charge >= 0.3 is 0 Å². The average molecular weight is 267 g/mol. The summed E-state index contributed by atoms with van der Waals surface area (Å²) in [5.41, 5.74) is 7.25. The van der Waals surface area contributed by atoms with Crippen LogP contribution in [-0.4, -0.2) is 16.9 Å². The number of nitrogens with two attached hydrogens (primary N) is 1. The minimum Gasteiger partial charge on any atom is -0.493 e. The van der Waals surface area contributed by atoms with Gasteiger partial charge in [0.2, 0.25) is 0 Å². The third-order valence-electron chi connectivity index (χ3n) is 3.64. The zero-order chi connectivity index (χ0) is 14.1. The van der Waals surface area contributed by atoms with E-state index in [1.807, 2.05) is 11.7 Å². The number of hydrogen-bond donors (Lipinski definition) is 1. The fourth-order valence-corrected chi connectivity index (χ4v) is 2.46. The molecule has 0 aromatic carbocycles. The quantitative estimate of drug-likeness (QED) is 0.659. The number of methoxy groups -OCH3 is 1. The van der Waals surface area contributed by atoms with E-state index in [1.165, 1.54) is 44.9 Å². The van der Waals surface area contributed by atoms with E-state index >= 15 is 0 Å². The molecule has 0 aliphatic heterocycles. The van der Waals surface area contributed by atoms with Crippen LogP contribution in [0.4, 0.5) is 0 Å². The molecular weight excluding hydrogens is 238 g/mol. The first-order chi connectivity index (χ1) is 9.20. The normalized spacial score (nSPS) is 12.6. The minimum absolute atomic E-state index is 0.0260. The van der Waals surface area contributed by atoms with Gasteiger partial charge in [-0.3, -0.25) is 4.68 Å². The van der Waals surface area contributed by atoms with Crippen LogP contribution in [0.1, 0.15) is 70.0 Å². The second-order valence-electron chi connectivity index (χ2n) is 5.24. The molecule has 0 spiro atoms. The molecule has 1 atom stereocenters. The van der Waals surface area contributed by atoms with E-state index in [2.05, 4.69) is 12.0 Å². The lowest BCUT2D eigenvalue weighted by molar-refractivity contribution is 0.399. The Labute approximate surface area is 117 Å². The lowest BCUT2D eigenvalue weighted by atomic mass is 10.0. The number of hydrogen-bond acceptors (Lipinski definition) is 3. The molecule has 0 bridgehead atoms. The Morgan fingerprint density at radius 2 is 1.84 bits per heavy atom. The predicted molar refractivity (Wildman–Crippen MR) is 79.3 cm³/mol. The highest BCUT2D eigenvalue weighted by Crippen LogP contribution is 2.26. The SMILES string of the molecule is CCCCCCCCCC(N)c1c(OC)cnn1C. The van der Waals surface area contributed by atoms with Gasteiger partial charge < -0.3 is 10.5 Å². The molecule has 1 unspecified atom stereocenters. The topological polar surface area (TPSA) is 53.1 Å². The largest absolute Gasteiger partial charge is 0.493 e. The lowest BCUT2D eigenvalue weighted by Gasteiger charge is -2.13. The third-order valence-corrected chi connectivity index (χ3v) is 3.64. The number of unbranched alkanes of at least 4 members (excludes halogenated alkanes) is 6. The van der Waals surface area contributed by atoms with Crippen molar-refractivity contribution in [3.8, 4) is 5.75 Å². The average Bonchev–Trinajstić information content (AvgIpc) is 2.78. The summed E-state index contributed by atoms with van der Waals surface area (Å²) in [5.74, 6) is 0.804. The van der Waals surface area contributed by atoms with Crippen molar-refractivity contribution in [3.63, 3.8) is 0 Å². The molecule has 0 radical (unpaired) electrons. The van der Waals surface area contributed by atoms with Gasteiger partial charge in [0.15, 0.2) is 5.75 Å². The number of ether oxygens (including phenoxy) is 1. The van der Waals surface area contributed by atoms with Gasteiger partial charge in [0.05, 0.1) is 25.0 Å². The molecule has 0 aliphatic rings. The number of aryl methyl sites for hydroxylation is 1. The van der Waals surface area contributed by atoms with Crippen LogP contribution in [0.15, 0.2) is 6.20 Å². The van der Waals surface area contributed by atoms with Gasteiger partial charge in [-0.25, -0.2) is 0 Å². The van der Waals surface area contributed by atoms with E-state index in [9.17, 15) is 0 Å². The zero-order valence-electron chi connectivity index (χ0n) is 12.7. The number of nitrogens with zero attached hydrogens (tertiary/aromatic N) is 2. The van der Waals surface area contributed by atoms with Gasteiger partial charge in [-0.2, -0.15) is 5.10 Å². The number of aromatic nitrogens is 2. The van der Waals surface area contributed by atoms with Crippen LogP contribution in [0.25, 0.3) is 0 Å². The molecule has 0 amide bonds. The van der Waals surface area contributed by atoms with E-state index < -0.39 is 0 Å². The van der Waals surface area contributed by atoms with Gasteiger partial charge in [0, 0.05) is 7.05 Å². The summed E-state index contributed by atoms with van der Waals surface area (Å²) in [4.78, 5) is 0. The summed E-state index contributed by atoms with van der Waals surface area (Å²) >= 11 is 0. The summed E-state index contributed by atoms with van der Waals surface area (Å²) in [5, 5.41) is 4.20. The lowest BCUT2D eigenvalue weighted by Crippen LogP contribution is -2.15. The van der Waals surface area contributed by atoms with Crippen LogP contribution in [0.2, 0.25) is 0 Å². The molecule has 0 aliphatic carbocycles. The van der Waals surface area contributed by atoms with Crippen molar-refractivity contribution >= 4 is 0 Å². The Bertz CT molecular complexity index is 349. The molecule has 2 N–H and O–H groups in total. The van der Waals surface area contributed by atoms with Crippen LogP contribution < -0.4 is 10.5 Å². The maximum atomic E-state index is 6.24. The van der Waals surface area contributed by atoms with Gasteiger partial charge in [-0.15, -0.1) is 0 Å². The smallest absolute Gasteiger partial charge is 0.161 e. The highest BCUT2D eigenvalue weighted by molar-refractivity contribution is 5.27. The molecule has 1 aromatic heterocycles. The maximum Gasteiger partial charge on any atom is 0.161 e. The van der Waals surface area contributed by atoms with Crippen molar-refractivity contribution in [2.75, 3.05) is 7.11 Å². The molecule has 4 nitrogen and oxygen atoms in total. The van der Waals surface area contributed by atoms with Gasteiger partial charge in [0.1, 0.15) is 0 Å². The van der Waals surface area contributed by atoms with Gasteiger partial charge in [-0.05, 0) is 6.42 Å². The second kappa shape index (κ2) is 8.97. The van der Waals surface area contributed by atoms with Crippen LogP contribution in [0, 0.1) is 0 Å². The maximum absolute atomic E-state index is 6.24. The van der Waals surface area contributed by atoms with Gasteiger partial charge in [-0.1, -0.05) is 51.9 Å². The summed E-state index contributed by atoms with van der Waals surface area (Å²) in [6.45, 7) is 2.25. The van der Waals surface area contributed by atoms with Crippen LogP contribution in [-0.2, 0) is 7.05 Å². The summed E-state index contributed by atoms with van der Waals surface area (Å²) in [7, 11) is 3.59. The van der Waals surface area contributed by atoms with E-state index in [0.717, 1.165) is 17.9 Å². The molecule has 0 saturated carbocycles. The predicted octanol–water partition coefficient (Wildman–Crippen LogP) is 3.57. The molecule has 1 rings (SSSR count). The molecular formula is C15H29N3O. The number of rotatable bonds is 10. The second-order valence-corrected chi connectivity index (χ2v) is 5.24. The van der Waals surface area contributed by atoms with Crippen molar-refractivity contribution in [1.82, 2.24) is 9.78 Å². The van der Waals surface area contributed by atoms with E-state index in [1.54, 1.807) is 13.3 Å². The molecule has 110 valence electrons. The highest BCUT2D eigenvalue weighted by atomic mass is 16.5. The van der Waals surface area contributed by atoms with Crippen molar-refractivity contribution in [3.05, 3.63) is 11.9 Å². The summed E-state index contributed by atoms with van der Waals surface area (Å²) in [6.07, 6.45) is 11.9. The summed E-state index contributed by atoms with van der Waals surface area (Å²) in [6, 6.07) is 0.0260. The van der Waals surface area contributed by atoms with Crippen molar-refractivity contribution < 1.29 is 4.74 Å². The molecule has 19 heavy (non-hydrogen) atoms. The van der Waals surface area contributed by atoms with E-state index in [-0.39, 0.29) is 6.04 Å². The first-order valence-corrected chi connectivity index (χ1v) is 7.52.